The Bertz CT molecular complexity index is 420. The average molecular weight is 259 g/mol. The SMILES string of the molecule is Cc1nc(C2CCCC2)nc(C)c1C1CCNCC1. The molecule has 3 heteroatoms. The number of piperidine rings is 1. The first-order chi connectivity index (χ1) is 9.25. The molecular formula is C16H25N3. The van der Waals surface area contributed by atoms with Crippen molar-refractivity contribution in [3.63, 3.8) is 0 Å². The quantitative estimate of drug-likeness (QED) is 0.886. The molecule has 1 aliphatic heterocycles. The molecule has 104 valence electrons. The summed E-state index contributed by atoms with van der Waals surface area (Å²) in [4.78, 5) is 9.72. The van der Waals surface area contributed by atoms with Gasteiger partial charge in [0, 0.05) is 17.3 Å². The third-order valence-electron chi connectivity index (χ3n) is 4.81. The van der Waals surface area contributed by atoms with Gasteiger partial charge in [0.25, 0.3) is 0 Å². The van der Waals surface area contributed by atoms with Gasteiger partial charge in [0.2, 0.25) is 0 Å². The summed E-state index contributed by atoms with van der Waals surface area (Å²) in [6, 6.07) is 0. The standard InChI is InChI=1S/C16H25N3/c1-11-15(13-7-9-17-10-8-13)12(2)19-16(18-11)14-5-3-4-6-14/h13-14,17H,3-10H2,1-2H3. The van der Waals surface area contributed by atoms with E-state index in [1.807, 2.05) is 0 Å². The van der Waals surface area contributed by atoms with E-state index in [0.717, 1.165) is 18.9 Å². The Hall–Kier alpha value is -0.960. The zero-order chi connectivity index (χ0) is 13.2. The fraction of sp³-hybridized carbons (Fsp3) is 0.750. The maximum Gasteiger partial charge on any atom is 0.131 e. The van der Waals surface area contributed by atoms with Crippen molar-refractivity contribution in [2.75, 3.05) is 13.1 Å². The number of hydrogen-bond donors (Lipinski definition) is 1. The predicted octanol–water partition coefficient (Wildman–Crippen LogP) is 3.22. The van der Waals surface area contributed by atoms with Crippen LogP contribution >= 0.6 is 0 Å². The van der Waals surface area contributed by atoms with Gasteiger partial charge in [-0.3, -0.25) is 0 Å². The Morgan fingerprint density at radius 3 is 2.00 bits per heavy atom. The van der Waals surface area contributed by atoms with Crippen molar-refractivity contribution in [1.29, 1.82) is 0 Å². The molecule has 2 fully saturated rings. The molecule has 1 aromatic heterocycles. The van der Waals surface area contributed by atoms with Gasteiger partial charge in [-0.15, -0.1) is 0 Å². The summed E-state index contributed by atoms with van der Waals surface area (Å²) in [5, 5.41) is 3.44. The van der Waals surface area contributed by atoms with E-state index in [-0.39, 0.29) is 0 Å². The van der Waals surface area contributed by atoms with Crippen LogP contribution in [0.25, 0.3) is 0 Å². The highest BCUT2D eigenvalue weighted by atomic mass is 14.9. The molecule has 0 radical (unpaired) electrons. The third kappa shape index (κ3) is 2.66. The lowest BCUT2D eigenvalue weighted by atomic mass is 9.88. The molecule has 19 heavy (non-hydrogen) atoms. The first kappa shape index (κ1) is 13.0. The van der Waals surface area contributed by atoms with E-state index in [1.165, 1.54) is 55.5 Å². The highest BCUT2D eigenvalue weighted by Gasteiger charge is 2.24. The van der Waals surface area contributed by atoms with Crippen molar-refractivity contribution in [3.8, 4) is 0 Å². The van der Waals surface area contributed by atoms with Crippen LogP contribution in [0.1, 0.15) is 73.1 Å². The van der Waals surface area contributed by atoms with Gasteiger partial charge < -0.3 is 5.32 Å². The van der Waals surface area contributed by atoms with Crippen LogP contribution in [0.4, 0.5) is 0 Å². The van der Waals surface area contributed by atoms with Crippen LogP contribution < -0.4 is 5.32 Å². The van der Waals surface area contributed by atoms with Gasteiger partial charge in [-0.2, -0.15) is 0 Å². The lowest BCUT2D eigenvalue weighted by molar-refractivity contribution is 0.454. The third-order valence-corrected chi connectivity index (χ3v) is 4.81. The maximum absolute atomic E-state index is 4.86. The van der Waals surface area contributed by atoms with E-state index in [0.29, 0.717) is 11.8 Å². The maximum atomic E-state index is 4.86. The molecule has 3 rings (SSSR count). The van der Waals surface area contributed by atoms with Crippen molar-refractivity contribution in [3.05, 3.63) is 22.8 Å². The second-order valence-electron chi connectivity index (χ2n) is 6.17. The minimum Gasteiger partial charge on any atom is -0.317 e. The Morgan fingerprint density at radius 2 is 1.42 bits per heavy atom. The molecule has 0 atom stereocenters. The van der Waals surface area contributed by atoms with Gasteiger partial charge >= 0.3 is 0 Å². The number of rotatable bonds is 2. The highest BCUT2D eigenvalue weighted by molar-refractivity contribution is 5.29. The first-order valence-corrected chi connectivity index (χ1v) is 7.81. The second kappa shape index (κ2) is 5.58. The largest absolute Gasteiger partial charge is 0.317 e. The molecule has 1 saturated carbocycles. The fourth-order valence-corrected chi connectivity index (χ4v) is 3.82. The normalized spacial score (nSPS) is 22.0. The van der Waals surface area contributed by atoms with E-state index < -0.39 is 0 Å². The summed E-state index contributed by atoms with van der Waals surface area (Å²) >= 11 is 0. The lowest BCUT2D eigenvalue weighted by Gasteiger charge is -2.26. The molecule has 0 amide bonds. The van der Waals surface area contributed by atoms with Crippen molar-refractivity contribution in [2.24, 2.45) is 0 Å². The second-order valence-corrected chi connectivity index (χ2v) is 6.17. The van der Waals surface area contributed by atoms with Gasteiger partial charge in [-0.1, -0.05) is 12.8 Å². The molecule has 2 heterocycles. The summed E-state index contributed by atoms with van der Waals surface area (Å²) in [5.41, 5.74) is 3.91. The molecule has 1 saturated heterocycles. The topological polar surface area (TPSA) is 37.8 Å². The van der Waals surface area contributed by atoms with Gasteiger partial charge in [-0.05, 0) is 64.1 Å². The molecule has 0 aromatic carbocycles. The highest BCUT2D eigenvalue weighted by Crippen LogP contribution is 2.34. The minimum absolute atomic E-state index is 0.625. The zero-order valence-corrected chi connectivity index (χ0v) is 12.2. The van der Waals surface area contributed by atoms with Crippen LogP contribution in [0.2, 0.25) is 0 Å². The monoisotopic (exact) mass is 259 g/mol. The zero-order valence-electron chi connectivity index (χ0n) is 12.2. The summed E-state index contributed by atoms with van der Waals surface area (Å²) in [6.07, 6.45) is 7.73. The predicted molar refractivity (Wildman–Crippen MR) is 77.6 cm³/mol. The molecular weight excluding hydrogens is 234 g/mol. The van der Waals surface area contributed by atoms with Crippen LogP contribution in [-0.2, 0) is 0 Å². The van der Waals surface area contributed by atoms with Gasteiger partial charge in [0.15, 0.2) is 0 Å². The summed E-state index contributed by atoms with van der Waals surface area (Å²) < 4.78 is 0. The molecule has 0 bridgehead atoms. The van der Waals surface area contributed by atoms with E-state index in [2.05, 4.69) is 19.2 Å². The Kier molecular flexibility index (Phi) is 3.83. The van der Waals surface area contributed by atoms with E-state index in [1.54, 1.807) is 0 Å². The Morgan fingerprint density at radius 1 is 0.842 bits per heavy atom. The molecule has 0 spiro atoms. The van der Waals surface area contributed by atoms with Gasteiger partial charge in [0.05, 0.1) is 0 Å². The Labute approximate surface area is 116 Å². The van der Waals surface area contributed by atoms with Crippen molar-refractivity contribution >= 4 is 0 Å². The van der Waals surface area contributed by atoms with Crippen LogP contribution in [0.15, 0.2) is 0 Å². The molecule has 3 nitrogen and oxygen atoms in total. The molecule has 2 aliphatic rings. The molecule has 0 unspecified atom stereocenters. The first-order valence-electron chi connectivity index (χ1n) is 7.81. The smallest absolute Gasteiger partial charge is 0.131 e. The molecule has 1 N–H and O–H groups in total. The molecule has 1 aromatic rings. The van der Waals surface area contributed by atoms with Crippen LogP contribution in [0.5, 0.6) is 0 Å². The minimum atomic E-state index is 0.625. The van der Waals surface area contributed by atoms with Crippen LogP contribution in [0, 0.1) is 13.8 Å². The van der Waals surface area contributed by atoms with Crippen molar-refractivity contribution in [2.45, 2.75) is 64.2 Å². The van der Waals surface area contributed by atoms with Crippen LogP contribution in [-0.4, -0.2) is 23.1 Å². The summed E-state index contributed by atoms with van der Waals surface area (Å²) in [7, 11) is 0. The number of nitrogens with one attached hydrogen (secondary N) is 1. The lowest BCUT2D eigenvalue weighted by Crippen LogP contribution is -2.28. The fourth-order valence-electron chi connectivity index (χ4n) is 3.82. The number of aromatic nitrogens is 2. The van der Waals surface area contributed by atoms with Crippen molar-refractivity contribution in [1.82, 2.24) is 15.3 Å². The summed E-state index contributed by atoms with van der Waals surface area (Å²) in [6.45, 7) is 6.64. The van der Waals surface area contributed by atoms with E-state index in [4.69, 9.17) is 9.97 Å². The Balaban J connectivity index is 1.88. The number of hydrogen-bond acceptors (Lipinski definition) is 3. The van der Waals surface area contributed by atoms with Gasteiger partial charge in [-0.25, -0.2) is 9.97 Å². The average Bonchev–Trinajstić information content (AvgIpc) is 2.93. The van der Waals surface area contributed by atoms with Crippen LogP contribution in [0.3, 0.4) is 0 Å². The summed E-state index contributed by atoms with van der Waals surface area (Å²) in [5.74, 6) is 2.41. The number of aryl methyl sites for hydroxylation is 2. The number of nitrogens with zero attached hydrogens (tertiary/aromatic N) is 2. The molecule has 1 aliphatic carbocycles. The van der Waals surface area contributed by atoms with E-state index in [9.17, 15) is 0 Å². The van der Waals surface area contributed by atoms with E-state index >= 15 is 0 Å². The van der Waals surface area contributed by atoms with Crippen molar-refractivity contribution < 1.29 is 0 Å². The van der Waals surface area contributed by atoms with Gasteiger partial charge in [0.1, 0.15) is 5.82 Å².